The van der Waals surface area contributed by atoms with E-state index in [0.717, 1.165) is 24.1 Å². The van der Waals surface area contributed by atoms with E-state index in [0.29, 0.717) is 19.0 Å². The van der Waals surface area contributed by atoms with Gasteiger partial charge in [-0.15, -0.1) is 0 Å². The largest absolute Gasteiger partial charge is 0.353 e. The van der Waals surface area contributed by atoms with Gasteiger partial charge in [0, 0.05) is 24.7 Å². The minimum Gasteiger partial charge on any atom is -0.353 e. The molecule has 0 spiro atoms. The highest BCUT2D eigenvalue weighted by Crippen LogP contribution is 2.18. The van der Waals surface area contributed by atoms with E-state index in [9.17, 15) is 9.59 Å². The SMILES string of the molecule is Cc1ccc(NC(=O)C(C)NCCC(=O)NC2CC2)cc1. The van der Waals surface area contributed by atoms with Gasteiger partial charge in [-0.1, -0.05) is 17.7 Å². The van der Waals surface area contributed by atoms with Gasteiger partial charge in [-0.3, -0.25) is 9.59 Å². The van der Waals surface area contributed by atoms with Crippen LogP contribution >= 0.6 is 0 Å². The molecule has 1 aromatic carbocycles. The lowest BCUT2D eigenvalue weighted by Crippen LogP contribution is -2.40. The maximum atomic E-state index is 12.0. The van der Waals surface area contributed by atoms with E-state index in [4.69, 9.17) is 0 Å². The highest BCUT2D eigenvalue weighted by Gasteiger charge is 2.23. The van der Waals surface area contributed by atoms with Crippen molar-refractivity contribution in [3.05, 3.63) is 29.8 Å². The number of nitrogens with one attached hydrogen (secondary N) is 3. The van der Waals surface area contributed by atoms with Crippen LogP contribution in [0.5, 0.6) is 0 Å². The number of carbonyl (C=O) groups excluding carboxylic acids is 2. The standard InChI is InChI=1S/C16H23N3O2/c1-11-3-5-14(6-4-11)19-16(21)12(2)17-10-9-15(20)18-13-7-8-13/h3-6,12-13,17H,7-10H2,1-2H3,(H,18,20)(H,19,21). The second kappa shape index (κ2) is 7.22. The summed E-state index contributed by atoms with van der Waals surface area (Å²) in [5.41, 5.74) is 1.94. The van der Waals surface area contributed by atoms with Crippen LogP contribution in [0.1, 0.15) is 31.7 Å². The lowest BCUT2D eigenvalue weighted by Gasteiger charge is -2.14. The zero-order valence-electron chi connectivity index (χ0n) is 12.6. The first kappa shape index (κ1) is 15.5. The Hall–Kier alpha value is -1.88. The summed E-state index contributed by atoms with van der Waals surface area (Å²) in [6.45, 7) is 4.30. The lowest BCUT2D eigenvalue weighted by molar-refractivity contribution is -0.122. The third-order valence-electron chi connectivity index (χ3n) is 3.46. The quantitative estimate of drug-likeness (QED) is 0.714. The molecule has 1 aliphatic carbocycles. The monoisotopic (exact) mass is 289 g/mol. The Labute approximate surface area is 125 Å². The van der Waals surface area contributed by atoms with Gasteiger partial charge in [0.05, 0.1) is 6.04 Å². The molecule has 0 saturated heterocycles. The Balaban J connectivity index is 1.66. The molecule has 2 amide bonds. The molecular weight excluding hydrogens is 266 g/mol. The average molecular weight is 289 g/mol. The summed E-state index contributed by atoms with van der Waals surface area (Å²) in [6.07, 6.45) is 2.59. The van der Waals surface area contributed by atoms with E-state index in [2.05, 4.69) is 16.0 Å². The number of hydrogen-bond acceptors (Lipinski definition) is 3. The molecule has 0 aromatic heterocycles. The zero-order chi connectivity index (χ0) is 15.2. The highest BCUT2D eigenvalue weighted by atomic mass is 16.2. The first-order chi connectivity index (χ1) is 10.0. The van der Waals surface area contributed by atoms with Crippen molar-refractivity contribution in [2.24, 2.45) is 0 Å². The molecule has 1 saturated carbocycles. The van der Waals surface area contributed by atoms with Crippen LogP contribution in [0.15, 0.2) is 24.3 Å². The van der Waals surface area contributed by atoms with Crippen LogP contribution in [0.25, 0.3) is 0 Å². The van der Waals surface area contributed by atoms with Gasteiger partial charge in [0.15, 0.2) is 0 Å². The van der Waals surface area contributed by atoms with Crippen molar-refractivity contribution in [2.45, 2.75) is 45.2 Å². The molecule has 1 aliphatic rings. The van der Waals surface area contributed by atoms with Gasteiger partial charge in [0.2, 0.25) is 11.8 Å². The van der Waals surface area contributed by atoms with Gasteiger partial charge in [-0.05, 0) is 38.8 Å². The van der Waals surface area contributed by atoms with Crippen LogP contribution in [0.4, 0.5) is 5.69 Å². The number of amides is 2. The topological polar surface area (TPSA) is 70.2 Å². The minimum atomic E-state index is -0.333. The molecular formula is C16H23N3O2. The van der Waals surface area contributed by atoms with Crippen LogP contribution < -0.4 is 16.0 Å². The fourth-order valence-electron chi connectivity index (χ4n) is 1.91. The van der Waals surface area contributed by atoms with Crippen LogP contribution in [0.3, 0.4) is 0 Å². The van der Waals surface area contributed by atoms with Gasteiger partial charge in [0.25, 0.3) is 0 Å². The molecule has 0 heterocycles. The normalized spacial score (nSPS) is 15.3. The van der Waals surface area contributed by atoms with Gasteiger partial charge in [-0.25, -0.2) is 0 Å². The Morgan fingerprint density at radius 2 is 1.90 bits per heavy atom. The maximum absolute atomic E-state index is 12.0. The van der Waals surface area contributed by atoms with E-state index in [1.165, 1.54) is 0 Å². The first-order valence-electron chi connectivity index (χ1n) is 7.45. The molecule has 2 rings (SSSR count). The number of benzene rings is 1. The molecule has 0 bridgehead atoms. The Morgan fingerprint density at radius 1 is 1.24 bits per heavy atom. The van der Waals surface area contributed by atoms with Crippen LogP contribution in [-0.2, 0) is 9.59 Å². The molecule has 5 heteroatoms. The lowest BCUT2D eigenvalue weighted by atomic mass is 10.2. The molecule has 21 heavy (non-hydrogen) atoms. The molecule has 1 unspecified atom stereocenters. The number of anilines is 1. The predicted molar refractivity (Wildman–Crippen MR) is 83.1 cm³/mol. The number of hydrogen-bond donors (Lipinski definition) is 3. The summed E-state index contributed by atoms with van der Waals surface area (Å²) < 4.78 is 0. The summed E-state index contributed by atoms with van der Waals surface area (Å²) in [6, 6.07) is 7.72. The molecule has 1 aromatic rings. The van der Waals surface area contributed by atoms with Crippen molar-refractivity contribution < 1.29 is 9.59 Å². The van der Waals surface area contributed by atoms with Crippen molar-refractivity contribution >= 4 is 17.5 Å². The summed E-state index contributed by atoms with van der Waals surface area (Å²) in [4.78, 5) is 23.5. The maximum Gasteiger partial charge on any atom is 0.241 e. The van der Waals surface area contributed by atoms with Crippen molar-refractivity contribution in [3.63, 3.8) is 0 Å². The van der Waals surface area contributed by atoms with Crippen molar-refractivity contribution in [1.82, 2.24) is 10.6 Å². The van der Waals surface area contributed by atoms with E-state index < -0.39 is 0 Å². The van der Waals surface area contributed by atoms with E-state index in [1.54, 1.807) is 6.92 Å². The van der Waals surface area contributed by atoms with Gasteiger partial charge < -0.3 is 16.0 Å². The van der Waals surface area contributed by atoms with Crippen molar-refractivity contribution in [1.29, 1.82) is 0 Å². The van der Waals surface area contributed by atoms with Crippen molar-refractivity contribution in [2.75, 3.05) is 11.9 Å². The Bertz CT molecular complexity index is 495. The van der Waals surface area contributed by atoms with Crippen LogP contribution in [-0.4, -0.2) is 30.4 Å². The number of rotatable bonds is 7. The number of aryl methyl sites for hydroxylation is 1. The predicted octanol–water partition coefficient (Wildman–Crippen LogP) is 1.58. The molecule has 1 fully saturated rings. The van der Waals surface area contributed by atoms with Gasteiger partial charge >= 0.3 is 0 Å². The smallest absolute Gasteiger partial charge is 0.241 e. The van der Waals surface area contributed by atoms with E-state index >= 15 is 0 Å². The summed E-state index contributed by atoms with van der Waals surface area (Å²) in [7, 11) is 0. The van der Waals surface area contributed by atoms with Crippen LogP contribution in [0.2, 0.25) is 0 Å². The molecule has 3 N–H and O–H groups in total. The molecule has 5 nitrogen and oxygen atoms in total. The zero-order valence-corrected chi connectivity index (χ0v) is 12.6. The third kappa shape index (κ3) is 5.55. The number of carbonyl (C=O) groups is 2. The third-order valence-corrected chi connectivity index (χ3v) is 3.46. The fourth-order valence-corrected chi connectivity index (χ4v) is 1.91. The molecule has 0 aliphatic heterocycles. The second-order valence-corrected chi connectivity index (χ2v) is 5.62. The summed E-state index contributed by atoms with van der Waals surface area (Å²) >= 11 is 0. The fraction of sp³-hybridized carbons (Fsp3) is 0.500. The molecule has 0 radical (unpaired) electrons. The first-order valence-corrected chi connectivity index (χ1v) is 7.45. The van der Waals surface area contributed by atoms with Gasteiger partial charge in [0.1, 0.15) is 0 Å². The molecule has 114 valence electrons. The van der Waals surface area contributed by atoms with E-state index in [1.807, 2.05) is 31.2 Å². The Kier molecular flexibility index (Phi) is 5.33. The second-order valence-electron chi connectivity index (χ2n) is 5.62. The summed E-state index contributed by atoms with van der Waals surface area (Å²) in [5, 5.41) is 8.84. The minimum absolute atomic E-state index is 0.0520. The van der Waals surface area contributed by atoms with Crippen LogP contribution in [0, 0.1) is 6.92 Å². The molecule has 1 atom stereocenters. The average Bonchev–Trinajstić information content (AvgIpc) is 3.25. The Morgan fingerprint density at radius 3 is 2.52 bits per heavy atom. The van der Waals surface area contributed by atoms with Crippen molar-refractivity contribution in [3.8, 4) is 0 Å². The van der Waals surface area contributed by atoms with E-state index in [-0.39, 0.29) is 17.9 Å². The van der Waals surface area contributed by atoms with Gasteiger partial charge in [-0.2, -0.15) is 0 Å². The summed E-state index contributed by atoms with van der Waals surface area (Å²) in [5.74, 6) is -0.0439. The highest BCUT2D eigenvalue weighted by molar-refractivity contribution is 5.94.